The molecule has 1 atom stereocenters. The molecule has 1 aromatic carbocycles. The SMILES string of the molecule is C=CCC(F)C(=C)c1ccccc1N=CCNCCC. The Morgan fingerprint density at radius 2 is 2.20 bits per heavy atom. The quantitative estimate of drug-likeness (QED) is 0.405. The maximum atomic E-state index is 13.9. The molecule has 0 aliphatic rings. The van der Waals surface area contributed by atoms with Crippen LogP contribution >= 0.6 is 0 Å². The molecule has 0 heterocycles. The van der Waals surface area contributed by atoms with E-state index < -0.39 is 6.17 Å². The molecule has 0 spiro atoms. The highest BCUT2D eigenvalue weighted by atomic mass is 19.1. The first-order valence-corrected chi connectivity index (χ1v) is 6.97. The van der Waals surface area contributed by atoms with Crippen LogP contribution in [-0.4, -0.2) is 25.5 Å². The summed E-state index contributed by atoms with van der Waals surface area (Å²) in [6.45, 7) is 11.2. The second-order valence-electron chi connectivity index (χ2n) is 4.55. The van der Waals surface area contributed by atoms with Crippen molar-refractivity contribution in [1.82, 2.24) is 5.32 Å². The number of allylic oxidation sites excluding steroid dienone is 2. The van der Waals surface area contributed by atoms with Gasteiger partial charge in [0, 0.05) is 24.7 Å². The summed E-state index contributed by atoms with van der Waals surface area (Å²) >= 11 is 0. The zero-order chi connectivity index (χ0) is 14.8. The van der Waals surface area contributed by atoms with Gasteiger partial charge in [-0.25, -0.2) is 4.39 Å². The van der Waals surface area contributed by atoms with Crippen LogP contribution in [0, 0.1) is 0 Å². The maximum Gasteiger partial charge on any atom is 0.129 e. The van der Waals surface area contributed by atoms with Gasteiger partial charge in [-0.1, -0.05) is 37.8 Å². The molecule has 3 heteroatoms. The number of nitrogens with zero attached hydrogens (tertiary/aromatic N) is 1. The van der Waals surface area contributed by atoms with Crippen LogP contribution in [0.1, 0.15) is 25.3 Å². The van der Waals surface area contributed by atoms with E-state index >= 15 is 0 Å². The third kappa shape index (κ3) is 5.10. The van der Waals surface area contributed by atoms with Crippen molar-refractivity contribution in [2.24, 2.45) is 4.99 Å². The molecule has 2 nitrogen and oxygen atoms in total. The first kappa shape index (κ1) is 16.3. The van der Waals surface area contributed by atoms with Crippen molar-refractivity contribution in [3.63, 3.8) is 0 Å². The number of aliphatic imine (C=N–C) groups is 1. The van der Waals surface area contributed by atoms with Crippen LogP contribution in [0.3, 0.4) is 0 Å². The second kappa shape index (κ2) is 9.21. The van der Waals surface area contributed by atoms with Crippen LogP contribution in [-0.2, 0) is 0 Å². The molecule has 1 rings (SSSR count). The Balaban J connectivity index is 2.77. The molecule has 0 bridgehead atoms. The summed E-state index contributed by atoms with van der Waals surface area (Å²) in [4.78, 5) is 4.40. The van der Waals surface area contributed by atoms with Crippen LogP contribution in [0.2, 0.25) is 0 Å². The molecule has 0 aliphatic carbocycles. The van der Waals surface area contributed by atoms with Crippen molar-refractivity contribution >= 4 is 17.5 Å². The molecule has 0 amide bonds. The molecule has 1 N–H and O–H groups in total. The van der Waals surface area contributed by atoms with Gasteiger partial charge in [0.25, 0.3) is 0 Å². The van der Waals surface area contributed by atoms with Gasteiger partial charge >= 0.3 is 0 Å². The number of halogens is 1. The summed E-state index contributed by atoms with van der Waals surface area (Å²) in [5, 5.41) is 3.24. The number of hydrogen-bond donors (Lipinski definition) is 1. The van der Waals surface area contributed by atoms with Crippen molar-refractivity contribution in [2.45, 2.75) is 25.9 Å². The highest BCUT2D eigenvalue weighted by Crippen LogP contribution is 2.29. The standard InChI is InChI=1S/C17H23FN2/c1-4-8-16(18)14(3)15-9-6-7-10-17(15)20-13-12-19-11-5-2/h4,6-7,9-10,13,16,19H,1,3,5,8,11-12H2,2H3. The van der Waals surface area contributed by atoms with Crippen molar-refractivity contribution in [1.29, 1.82) is 0 Å². The zero-order valence-corrected chi connectivity index (χ0v) is 12.1. The van der Waals surface area contributed by atoms with E-state index in [9.17, 15) is 4.39 Å². The van der Waals surface area contributed by atoms with E-state index in [4.69, 9.17) is 0 Å². The fourth-order valence-electron chi connectivity index (χ4n) is 1.80. The fraction of sp³-hybridized carbons (Fsp3) is 0.353. The summed E-state index contributed by atoms with van der Waals surface area (Å²) in [7, 11) is 0. The Morgan fingerprint density at radius 1 is 1.45 bits per heavy atom. The molecule has 0 aliphatic heterocycles. The van der Waals surface area contributed by atoms with Gasteiger partial charge < -0.3 is 5.32 Å². The van der Waals surface area contributed by atoms with Crippen LogP contribution in [0.5, 0.6) is 0 Å². The van der Waals surface area contributed by atoms with E-state index in [1.54, 1.807) is 6.08 Å². The molecule has 0 saturated carbocycles. The molecule has 0 saturated heterocycles. The largest absolute Gasteiger partial charge is 0.312 e. The number of hydrogen-bond acceptors (Lipinski definition) is 2. The monoisotopic (exact) mass is 274 g/mol. The van der Waals surface area contributed by atoms with Gasteiger partial charge in [-0.05, 0) is 24.6 Å². The Morgan fingerprint density at radius 3 is 2.90 bits per heavy atom. The molecule has 1 aromatic rings. The highest BCUT2D eigenvalue weighted by molar-refractivity contribution is 5.78. The van der Waals surface area contributed by atoms with Crippen molar-refractivity contribution < 1.29 is 4.39 Å². The molecule has 0 aromatic heterocycles. The van der Waals surface area contributed by atoms with Crippen LogP contribution in [0.25, 0.3) is 5.57 Å². The molecule has 0 fully saturated rings. The highest BCUT2D eigenvalue weighted by Gasteiger charge is 2.13. The minimum atomic E-state index is -1.11. The maximum absolute atomic E-state index is 13.9. The minimum Gasteiger partial charge on any atom is -0.312 e. The lowest BCUT2D eigenvalue weighted by atomic mass is 9.99. The molecule has 108 valence electrons. The van der Waals surface area contributed by atoms with Crippen LogP contribution in [0.15, 0.2) is 48.5 Å². The van der Waals surface area contributed by atoms with E-state index in [1.165, 1.54) is 0 Å². The van der Waals surface area contributed by atoms with Crippen molar-refractivity contribution in [2.75, 3.05) is 13.1 Å². The lowest BCUT2D eigenvalue weighted by Crippen LogP contribution is -2.16. The number of alkyl halides is 1. The summed E-state index contributed by atoms with van der Waals surface area (Å²) in [5.74, 6) is 0. The van der Waals surface area contributed by atoms with Crippen molar-refractivity contribution in [3.8, 4) is 0 Å². The summed E-state index contributed by atoms with van der Waals surface area (Å²) in [5.41, 5.74) is 1.97. The minimum absolute atomic E-state index is 0.273. The fourth-order valence-corrected chi connectivity index (χ4v) is 1.80. The van der Waals surface area contributed by atoms with Crippen LogP contribution < -0.4 is 5.32 Å². The Bertz CT molecular complexity index is 466. The Hall–Kier alpha value is -1.74. The van der Waals surface area contributed by atoms with Gasteiger partial charge in [0.15, 0.2) is 0 Å². The van der Waals surface area contributed by atoms with Crippen LogP contribution in [0.4, 0.5) is 10.1 Å². The van der Waals surface area contributed by atoms with Gasteiger partial charge in [0.05, 0.1) is 5.69 Å². The predicted octanol–water partition coefficient (Wildman–Crippen LogP) is 4.32. The predicted molar refractivity (Wildman–Crippen MR) is 86.5 cm³/mol. The molecule has 20 heavy (non-hydrogen) atoms. The summed E-state index contributed by atoms with van der Waals surface area (Å²) < 4.78 is 13.9. The van der Waals surface area contributed by atoms with Gasteiger partial charge in [0.2, 0.25) is 0 Å². The Kier molecular flexibility index (Phi) is 7.51. The van der Waals surface area contributed by atoms with Crippen molar-refractivity contribution in [3.05, 3.63) is 49.1 Å². The number of nitrogens with one attached hydrogen (secondary N) is 1. The lowest BCUT2D eigenvalue weighted by molar-refractivity contribution is 0.416. The number of para-hydroxylation sites is 1. The molecule has 0 radical (unpaired) electrons. The first-order valence-electron chi connectivity index (χ1n) is 6.97. The van der Waals surface area contributed by atoms with E-state index in [-0.39, 0.29) is 6.42 Å². The topological polar surface area (TPSA) is 24.4 Å². The van der Waals surface area contributed by atoms with Gasteiger partial charge in [0.1, 0.15) is 6.17 Å². The van der Waals surface area contributed by atoms with E-state index in [2.05, 4.69) is 30.4 Å². The second-order valence-corrected chi connectivity index (χ2v) is 4.55. The average molecular weight is 274 g/mol. The van der Waals surface area contributed by atoms with Gasteiger partial charge in [-0.15, -0.1) is 6.58 Å². The third-order valence-corrected chi connectivity index (χ3v) is 2.89. The molecular weight excluding hydrogens is 251 g/mol. The van der Waals surface area contributed by atoms with E-state index in [0.29, 0.717) is 12.1 Å². The smallest absolute Gasteiger partial charge is 0.129 e. The summed E-state index contributed by atoms with van der Waals surface area (Å²) in [6, 6.07) is 7.49. The number of rotatable bonds is 9. The van der Waals surface area contributed by atoms with E-state index in [0.717, 1.165) is 24.2 Å². The number of benzene rings is 1. The normalized spacial score (nSPS) is 12.5. The zero-order valence-electron chi connectivity index (χ0n) is 12.1. The Labute approximate surface area is 121 Å². The molecular formula is C17H23FN2. The third-order valence-electron chi connectivity index (χ3n) is 2.89. The lowest BCUT2D eigenvalue weighted by Gasteiger charge is -2.12. The van der Waals surface area contributed by atoms with Gasteiger partial charge in [-0.3, -0.25) is 4.99 Å². The van der Waals surface area contributed by atoms with Gasteiger partial charge in [-0.2, -0.15) is 0 Å². The molecule has 1 unspecified atom stereocenters. The van der Waals surface area contributed by atoms with E-state index in [1.807, 2.05) is 30.5 Å². The first-order chi connectivity index (χ1) is 9.70. The summed E-state index contributed by atoms with van der Waals surface area (Å²) in [6.07, 6.45) is 3.63. The average Bonchev–Trinajstić information content (AvgIpc) is 2.47.